The quantitative estimate of drug-likeness (QED) is 0.506. The van der Waals surface area contributed by atoms with Gasteiger partial charge in [0.05, 0.1) is 6.04 Å². The fourth-order valence-electron chi connectivity index (χ4n) is 3.38. The summed E-state index contributed by atoms with van der Waals surface area (Å²) in [6, 6.07) is 15.6. The molecule has 0 aromatic heterocycles. The molecule has 1 fully saturated rings. The molecule has 3 rings (SSSR count). The van der Waals surface area contributed by atoms with Gasteiger partial charge in [-0.05, 0) is 49.6 Å². The molecule has 0 spiro atoms. The van der Waals surface area contributed by atoms with Crippen molar-refractivity contribution in [2.75, 3.05) is 13.2 Å². The number of nitrogens with one attached hydrogen (secondary N) is 2. The summed E-state index contributed by atoms with van der Waals surface area (Å²) in [6.45, 7) is 9.18. The minimum Gasteiger partial charge on any atom is -0.489 e. The third-order valence-corrected chi connectivity index (χ3v) is 5.17. The van der Waals surface area contributed by atoms with E-state index in [1.807, 2.05) is 44.2 Å². The second-order valence-corrected chi connectivity index (χ2v) is 7.92. The van der Waals surface area contributed by atoms with Crippen molar-refractivity contribution in [2.24, 2.45) is 0 Å². The van der Waals surface area contributed by atoms with Gasteiger partial charge in [-0.3, -0.25) is 14.5 Å². The molecule has 0 bridgehead atoms. The summed E-state index contributed by atoms with van der Waals surface area (Å²) in [5.74, 6) is -0.249. The Morgan fingerprint density at radius 3 is 2.42 bits per heavy atom. The number of nitrogens with zero attached hydrogens (tertiary/aromatic N) is 1. The zero-order chi connectivity index (χ0) is 22.6. The van der Waals surface area contributed by atoms with Crippen LogP contribution in [0.2, 0.25) is 0 Å². The molecule has 4 amide bonds. The highest BCUT2D eigenvalue weighted by Crippen LogP contribution is 2.30. The monoisotopic (exact) mass is 421 g/mol. The van der Waals surface area contributed by atoms with E-state index in [4.69, 9.17) is 4.74 Å². The van der Waals surface area contributed by atoms with Gasteiger partial charge >= 0.3 is 6.03 Å². The Balaban J connectivity index is 1.66. The topological polar surface area (TPSA) is 87.7 Å². The second-order valence-electron chi connectivity index (χ2n) is 7.92. The van der Waals surface area contributed by atoms with E-state index in [0.717, 1.165) is 16.0 Å². The van der Waals surface area contributed by atoms with Crippen LogP contribution in [-0.2, 0) is 15.1 Å². The molecule has 1 heterocycles. The summed E-state index contributed by atoms with van der Waals surface area (Å²) in [7, 11) is 0. The first kappa shape index (κ1) is 22.1. The summed E-state index contributed by atoms with van der Waals surface area (Å²) >= 11 is 0. The lowest BCUT2D eigenvalue weighted by atomic mass is 9.92. The highest BCUT2D eigenvalue weighted by molar-refractivity contribution is 6.09. The van der Waals surface area contributed by atoms with Gasteiger partial charge in [-0.2, -0.15) is 0 Å². The molecule has 2 aromatic rings. The van der Waals surface area contributed by atoms with Crippen LogP contribution in [0.15, 0.2) is 66.7 Å². The molecule has 2 aromatic carbocycles. The Kier molecular flexibility index (Phi) is 6.44. The lowest BCUT2D eigenvalue weighted by Gasteiger charge is -2.23. The first-order valence-electron chi connectivity index (χ1n) is 10.1. The molecule has 1 aliphatic rings. The maximum Gasteiger partial charge on any atom is 0.325 e. The Morgan fingerprint density at radius 1 is 1.16 bits per heavy atom. The molecule has 0 radical (unpaired) electrons. The van der Waals surface area contributed by atoms with Crippen molar-refractivity contribution in [2.45, 2.75) is 32.4 Å². The van der Waals surface area contributed by atoms with Crippen LogP contribution in [0.3, 0.4) is 0 Å². The normalized spacial score (nSPS) is 19.0. The first-order valence-corrected chi connectivity index (χ1v) is 10.1. The summed E-state index contributed by atoms with van der Waals surface area (Å²) < 4.78 is 5.58. The minimum absolute atomic E-state index is 0.243. The Hall–Kier alpha value is -3.61. The van der Waals surface area contributed by atoms with Crippen molar-refractivity contribution in [1.29, 1.82) is 0 Å². The van der Waals surface area contributed by atoms with Gasteiger partial charge in [0.1, 0.15) is 24.4 Å². The Morgan fingerprint density at radius 2 is 1.81 bits per heavy atom. The van der Waals surface area contributed by atoms with Crippen LogP contribution >= 0.6 is 0 Å². The smallest absolute Gasteiger partial charge is 0.325 e. The van der Waals surface area contributed by atoms with Crippen LogP contribution < -0.4 is 15.4 Å². The van der Waals surface area contributed by atoms with E-state index in [2.05, 4.69) is 17.2 Å². The number of urea groups is 1. The van der Waals surface area contributed by atoms with E-state index in [1.165, 1.54) is 0 Å². The van der Waals surface area contributed by atoms with Crippen molar-refractivity contribution < 1.29 is 19.1 Å². The van der Waals surface area contributed by atoms with Crippen LogP contribution in [0, 0.1) is 0 Å². The number of imide groups is 1. The molecular formula is C24H27N3O4. The van der Waals surface area contributed by atoms with Crippen molar-refractivity contribution in [3.05, 3.63) is 77.9 Å². The molecule has 0 aliphatic carbocycles. The van der Waals surface area contributed by atoms with Gasteiger partial charge in [-0.25, -0.2) is 4.79 Å². The second kappa shape index (κ2) is 9.04. The van der Waals surface area contributed by atoms with Crippen LogP contribution in [0.5, 0.6) is 5.75 Å². The number of ether oxygens (including phenoxy) is 1. The summed E-state index contributed by atoms with van der Waals surface area (Å²) in [6.07, 6.45) is 0. The van der Waals surface area contributed by atoms with Crippen molar-refractivity contribution in [3.63, 3.8) is 0 Å². The summed E-state index contributed by atoms with van der Waals surface area (Å²) in [5.41, 5.74) is 1.18. The van der Waals surface area contributed by atoms with Crippen LogP contribution in [0.25, 0.3) is 0 Å². The molecule has 2 atom stereocenters. The maximum absolute atomic E-state index is 13.0. The van der Waals surface area contributed by atoms with Crippen LogP contribution in [0.4, 0.5) is 4.79 Å². The average Bonchev–Trinajstić information content (AvgIpc) is 2.97. The number of hydrogen-bond donors (Lipinski definition) is 2. The van der Waals surface area contributed by atoms with Gasteiger partial charge in [0.15, 0.2) is 0 Å². The summed E-state index contributed by atoms with van der Waals surface area (Å²) in [4.78, 5) is 39.0. The molecule has 1 aliphatic heterocycles. The minimum atomic E-state index is -1.25. The van der Waals surface area contributed by atoms with Gasteiger partial charge in [0.25, 0.3) is 5.91 Å². The van der Waals surface area contributed by atoms with E-state index >= 15 is 0 Å². The van der Waals surface area contributed by atoms with E-state index < -0.39 is 23.4 Å². The van der Waals surface area contributed by atoms with Crippen molar-refractivity contribution in [3.8, 4) is 5.75 Å². The van der Waals surface area contributed by atoms with E-state index in [9.17, 15) is 14.4 Å². The zero-order valence-corrected chi connectivity index (χ0v) is 18.0. The fourth-order valence-corrected chi connectivity index (χ4v) is 3.38. The van der Waals surface area contributed by atoms with Crippen LogP contribution in [0.1, 0.15) is 37.9 Å². The molecule has 7 heteroatoms. The van der Waals surface area contributed by atoms with Gasteiger partial charge in [0.2, 0.25) is 5.91 Å². The Labute approximate surface area is 182 Å². The number of amides is 4. The van der Waals surface area contributed by atoms with Gasteiger partial charge in [0, 0.05) is 0 Å². The number of rotatable bonds is 8. The third-order valence-electron chi connectivity index (χ3n) is 5.17. The number of carbonyl (C=O) groups is 3. The maximum atomic E-state index is 13.0. The zero-order valence-electron chi connectivity index (χ0n) is 18.0. The molecule has 162 valence electrons. The highest BCUT2D eigenvalue weighted by Gasteiger charge is 2.49. The molecular weight excluding hydrogens is 394 g/mol. The van der Waals surface area contributed by atoms with Gasteiger partial charge < -0.3 is 15.4 Å². The first-order chi connectivity index (χ1) is 14.7. The van der Waals surface area contributed by atoms with Gasteiger partial charge in [-0.15, -0.1) is 0 Å². The molecule has 31 heavy (non-hydrogen) atoms. The Bertz CT molecular complexity index is 988. The lowest BCUT2D eigenvalue weighted by molar-refractivity contribution is -0.135. The largest absolute Gasteiger partial charge is 0.489 e. The fraction of sp³-hybridized carbons (Fsp3) is 0.292. The standard InChI is InChI=1S/C24H27N3O4/c1-16(2)15-31-20-12-10-19(11-13-20)24(4)22(29)27(23(30)26-24)14-21(28)25-17(3)18-8-6-5-7-9-18/h5-13,17H,1,14-15H2,2-4H3,(H,25,28)(H,26,30). The number of carbonyl (C=O) groups excluding carboxylic acids is 3. The molecule has 0 saturated carbocycles. The van der Waals surface area contributed by atoms with E-state index in [-0.39, 0.29) is 12.6 Å². The van der Waals surface area contributed by atoms with Crippen molar-refractivity contribution >= 4 is 17.8 Å². The predicted molar refractivity (Wildman–Crippen MR) is 117 cm³/mol. The number of hydrogen-bond acceptors (Lipinski definition) is 4. The van der Waals surface area contributed by atoms with Crippen molar-refractivity contribution in [1.82, 2.24) is 15.5 Å². The lowest BCUT2D eigenvalue weighted by Crippen LogP contribution is -2.43. The highest BCUT2D eigenvalue weighted by atomic mass is 16.5. The molecule has 7 nitrogen and oxygen atoms in total. The molecule has 2 N–H and O–H groups in total. The van der Waals surface area contributed by atoms with Gasteiger partial charge in [-0.1, -0.05) is 49.0 Å². The van der Waals surface area contributed by atoms with Crippen LogP contribution in [-0.4, -0.2) is 35.9 Å². The van der Waals surface area contributed by atoms with E-state index in [0.29, 0.717) is 17.9 Å². The number of benzene rings is 2. The average molecular weight is 421 g/mol. The molecule has 1 saturated heterocycles. The SMILES string of the molecule is C=C(C)COc1ccc(C2(C)NC(=O)N(CC(=O)NC(C)c3ccccc3)C2=O)cc1. The molecule has 2 unspecified atom stereocenters. The predicted octanol–water partition coefficient (Wildman–Crippen LogP) is 3.29. The third kappa shape index (κ3) is 4.94. The van der Waals surface area contributed by atoms with E-state index in [1.54, 1.807) is 31.2 Å². The summed E-state index contributed by atoms with van der Waals surface area (Å²) in [5, 5.41) is 5.53.